The number of carbonyl (C=O) groups excluding carboxylic acids is 1. The first-order valence-electron chi connectivity index (χ1n) is 9.61. The molecule has 0 spiro atoms. The summed E-state index contributed by atoms with van der Waals surface area (Å²) < 4.78 is 10.8. The van der Waals surface area contributed by atoms with Gasteiger partial charge in [0.25, 0.3) is 0 Å². The van der Waals surface area contributed by atoms with Gasteiger partial charge in [0.05, 0.1) is 12.2 Å². The largest absolute Gasteiger partial charge is 0.460 e. The van der Waals surface area contributed by atoms with E-state index in [1.54, 1.807) is 0 Å². The molecule has 3 nitrogen and oxygen atoms in total. The second kappa shape index (κ2) is 14.0. The summed E-state index contributed by atoms with van der Waals surface area (Å²) in [6.07, 6.45) is 11.1. The Morgan fingerprint density at radius 1 is 0.792 bits per heavy atom. The maximum atomic E-state index is 11.9. The highest BCUT2D eigenvalue weighted by molar-refractivity contribution is 5.89. The summed E-state index contributed by atoms with van der Waals surface area (Å²) in [7, 11) is 0. The van der Waals surface area contributed by atoms with E-state index in [1.165, 1.54) is 44.1 Å². The van der Waals surface area contributed by atoms with Crippen LogP contribution in [-0.2, 0) is 15.9 Å². The Balaban J connectivity index is 1.99. The summed E-state index contributed by atoms with van der Waals surface area (Å²) in [6, 6.07) is 7.67. The molecule has 0 bridgehead atoms. The summed E-state index contributed by atoms with van der Waals surface area (Å²) in [6.45, 7) is 5.95. The van der Waals surface area contributed by atoms with E-state index >= 15 is 0 Å². The number of aryl methyl sites for hydroxylation is 1. The lowest BCUT2D eigenvalue weighted by Gasteiger charge is -2.07. The van der Waals surface area contributed by atoms with E-state index in [-0.39, 0.29) is 5.97 Å². The number of esters is 1. The van der Waals surface area contributed by atoms with Gasteiger partial charge in [-0.15, -0.1) is 0 Å². The minimum atomic E-state index is -0.266. The molecule has 0 radical (unpaired) electrons. The predicted molar refractivity (Wildman–Crippen MR) is 99.5 cm³/mol. The molecule has 0 amide bonds. The Morgan fingerprint density at radius 3 is 2.12 bits per heavy atom. The third kappa shape index (κ3) is 9.71. The monoisotopic (exact) mass is 334 g/mol. The van der Waals surface area contributed by atoms with Crippen molar-refractivity contribution in [3.8, 4) is 0 Å². The Bertz CT molecular complexity index is 425. The van der Waals surface area contributed by atoms with Crippen molar-refractivity contribution in [3.63, 3.8) is 0 Å². The fourth-order valence-electron chi connectivity index (χ4n) is 2.64. The summed E-state index contributed by atoms with van der Waals surface area (Å²) in [5, 5.41) is 0. The van der Waals surface area contributed by atoms with Gasteiger partial charge in [-0.2, -0.15) is 0 Å². The molecule has 0 aliphatic heterocycles. The number of benzene rings is 1. The first-order chi connectivity index (χ1) is 11.8. The van der Waals surface area contributed by atoms with E-state index in [4.69, 9.17) is 9.47 Å². The first-order valence-corrected chi connectivity index (χ1v) is 9.61. The van der Waals surface area contributed by atoms with Crippen molar-refractivity contribution < 1.29 is 14.3 Å². The van der Waals surface area contributed by atoms with E-state index in [0.717, 1.165) is 25.9 Å². The number of ether oxygens (including phenoxy) is 2. The smallest absolute Gasteiger partial charge is 0.338 e. The molecule has 3 heteroatoms. The molecule has 136 valence electrons. The minimum absolute atomic E-state index is 0.266. The molecule has 0 saturated heterocycles. The molecule has 0 heterocycles. The Morgan fingerprint density at radius 2 is 1.46 bits per heavy atom. The first kappa shape index (κ1) is 20.7. The highest BCUT2D eigenvalue weighted by Crippen LogP contribution is 2.08. The van der Waals surface area contributed by atoms with Gasteiger partial charge in [-0.05, 0) is 30.5 Å². The van der Waals surface area contributed by atoms with Crippen molar-refractivity contribution in [2.24, 2.45) is 0 Å². The Kier molecular flexibility index (Phi) is 12.1. The molecule has 0 aromatic heterocycles. The normalized spacial score (nSPS) is 10.8. The molecule has 0 fully saturated rings. The van der Waals surface area contributed by atoms with Gasteiger partial charge in [0.2, 0.25) is 0 Å². The molecule has 0 aliphatic rings. The van der Waals surface area contributed by atoms with Crippen molar-refractivity contribution in [2.45, 2.75) is 71.6 Å². The van der Waals surface area contributed by atoms with Gasteiger partial charge in [-0.3, -0.25) is 0 Å². The van der Waals surface area contributed by atoms with E-state index in [1.807, 2.05) is 24.3 Å². The molecule has 1 rings (SSSR count). The van der Waals surface area contributed by atoms with Gasteiger partial charge in [0.1, 0.15) is 6.61 Å². The second-order valence-electron chi connectivity index (χ2n) is 6.32. The second-order valence-corrected chi connectivity index (χ2v) is 6.32. The Hall–Kier alpha value is -1.35. The van der Waals surface area contributed by atoms with Crippen LogP contribution in [0.4, 0.5) is 0 Å². The Labute approximate surface area is 147 Å². The zero-order valence-corrected chi connectivity index (χ0v) is 15.5. The van der Waals surface area contributed by atoms with Gasteiger partial charge in [0, 0.05) is 6.61 Å². The number of unbranched alkanes of at least 4 members (excludes halogenated alkanes) is 6. The van der Waals surface area contributed by atoms with Crippen molar-refractivity contribution in [2.75, 3.05) is 19.8 Å². The van der Waals surface area contributed by atoms with E-state index < -0.39 is 0 Å². The fraction of sp³-hybridized carbons (Fsp3) is 0.667. The molecular weight excluding hydrogens is 300 g/mol. The highest BCUT2D eigenvalue weighted by Gasteiger charge is 2.06. The number of carbonyl (C=O) groups is 1. The summed E-state index contributed by atoms with van der Waals surface area (Å²) >= 11 is 0. The molecular formula is C21H34O3. The standard InChI is InChI=1S/C21H34O3/c1-3-5-6-7-8-9-10-16-23-17-18-24-21(22)20-14-12-19(11-4-2)13-15-20/h12-15H,3-11,16-18H2,1-2H3. The van der Waals surface area contributed by atoms with Gasteiger partial charge in [-0.1, -0.05) is 70.9 Å². The molecule has 0 N–H and O–H groups in total. The SMILES string of the molecule is CCCCCCCCCOCCOC(=O)c1ccc(CCC)cc1. The number of hydrogen-bond acceptors (Lipinski definition) is 3. The topological polar surface area (TPSA) is 35.5 Å². The summed E-state index contributed by atoms with van der Waals surface area (Å²) in [5.74, 6) is -0.266. The van der Waals surface area contributed by atoms with Crippen LogP contribution in [0.15, 0.2) is 24.3 Å². The summed E-state index contributed by atoms with van der Waals surface area (Å²) in [5.41, 5.74) is 1.87. The molecule has 0 atom stereocenters. The predicted octanol–water partition coefficient (Wildman–Crippen LogP) is 5.56. The minimum Gasteiger partial charge on any atom is -0.460 e. The van der Waals surface area contributed by atoms with E-state index in [0.29, 0.717) is 18.8 Å². The van der Waals surface area contributed by atoms with Crippen LogP contribution in [0.5, 0.6) is 0 Å². The zero-order valence-electron chi connectivity index (χ0n) is 15.5. The van der Waals surface area contributed by atoms with Crippen molar-refractivity contribution in [1.82, 2.24) is 0 Å². The molecule has 24 heavy (non-hydrogen) atoms. The quantitative estimate of drug-likeness (QED) is 0.330. The van der Waals surface area contributed by atoms with E-state index in [9.17, 15) is 4.79 Å². The number of hydrogen-bond donors (Lipinski definition) is 0. The maximum absolute atomic E-state index is 11.9. The third-order valence-electron chi connectivity index (χ3n) is 4.08. The van der Waals surface area contributed by atoms with Crippen LogP contribution >= 0.6 is 0 Å². The van der Waals surface area contributed by atoms with Crippen LogP contribution in [0.1, 0.15) is 81.1 Å². The van der Waals surface area contributed by atoms with Crippen molar-refractivity contribution >= 4 is 5.97 Å². The maximum Gasteiger partial charge on any atom is 0.338 e. The zero-order chi connectivity index (χ0) is 17.5. The average molecular weight is 335 g/mol. The van der Waals surface area contributed by atoms with Gasteiger partial charge in [0.15, 0.2) is 0 Å². The lowest BCUT2D eigenvalue weighted by atomic mass is 10.1. The molecule has 0 saturated carbocycles. The van der Waals surface area contributed by atoms with Crippen LogP contribution in [0.3, 0.4) is 0 Å². The molecule has 1 aromatic carbocycles. The fourth-order valence-corrected chi connectivity index (χ4v) is 2.64. The van der Waals surface area contributed by atoms with Crippen LogP contribution in [-0.4, -0.2) is 25.8 Å². The number of rotatable bonds is 14. The lowest BCUT2D eigenvalue weighted by molar-refractivity contribution is 0.0312. The van der Waals surface area contributed by atoms with Crippen molar-refractivity contribution in [3.05, 3.63) is 35.4 Å². The summed E-state index contributed by atoms with van der Waals surface area (Å²) in [4.78, 5) is 11.9. The lowest BCUT2D eigenvalue weighted by Crippen LogP contribution is -2.11. The molecule has 0 unspecified atom stereocenters. The van der Waals surface area contributed by atoms with Gasteiger partial charge >= 0.3 is 5.97 Å². The van der Waals surface area contributed by atoms with Gasteiger partial charge in [-0.25, -0.2) is 4.79 Å². The average Bonchev–Trinajstić information content (AvgIpc) is 2.60. The van der Waals surface area contributed by atoms with E-state index in [2.05, 4.69) is 13.8 Å². The third-order valence-corrected chi connectivity index (χ3v) is 4.08. The molecule has 0 aliphatic carbocycles. The van der Waals surface area contributed by atoms with Crippen LogP contribution in [0, 0.1) is 0 Å². The van der Waals surface area contributed by atoms with Crippen LogP contribution < -0.4 is 0 Å². The molecule has 1 aromatic rings. The highest BCUT2D eigenvalue weighted by atomic mass is 16.6. The van der Waals surface area contributed by atoms with Crippen LogP contribution in [0.2, 0.25) is 0 Å². The van der Waals surface area contributed by atoms with Crippen LogP contribution in [0.25, 0.3) is 0 Å². The van der Waals surface area contributed by atoms with Gasteiger partial charge < -0.3 is 9.47 Å². The van der Waals surface area contributed by atoms with Crippen molar-refractivity contribution in [1.29, 1.82) is 0 Å².